The van der Waals surface area contributed by atoms with Crippen LogP contribution in [-0.2, 0) is 6.54 Å². The molecule has 0 saturated carbocycles. The highest BCUT2D eigenvalue weighted by atomic mass is 19.1. The van der Waals surface area contributed by atoms with E-state index < -0.39 is 5.82 Å². The van der Waals surface area contributed by atoms with E-state index in [1.54, 1.807) is 6.33 Å². The normalized spacial score (nSPS) is 17.3. The van der Waals surface area contributed by atoms with Crippen LogP contribution < -0.4 is 15.5 Å². The van der Waals surface area contributed by atoms with Crippen LogP contribution >= 0.6 is 0 Å². The van der Waals surface area contributed by atoms with Gasteiger partial charge in [-0.05, 0) is 31.0 Å². The Balaban J connectivity index is 1.61. The van der Waals surface area contributed by atoms with E-state index in [9.17, 15) is 8.78 Å². The topological polar surface area (TPSA) is 53.1 Å². The summed E-state index contributed by atoms with van der Waals surface area (Å²) in [6, 6.07) is 5.73. The first-order valence-corrected chi connectivity index (χ1v) is 8.08. The summed E-state index contributed by atoms with van der Waals surface area (Å²) in [5, 5.41) is 6.24. The van der Waals surface area contributed by atoms with E-state index in [0.717, 1.165) is 43.2 Å². The molecular weight excluding hydrogens is 312 g/mol. The van der Waals surface area contributed by atoms with Crippen LogP contribution in [0.2, 0.25) is 0 Å². The summed E-state index contributed by atoms with van der Waals surface area (Å²) in [7, 11) is 1.82. The number of rotatable bonds is 6. The molecule has 5 nitrogen and oxygen atoms in total. The third-order valence-corrected chi connectivity index (χ3v) is 4.28. The van der Waals surface area contributed by atoms with Crippen LogP contribution in [0.1, 0.15) is 18.4 Å². The van der Waals surface area contributed by atoms with Gasteiger partial charge in [0, 0.05) is 44.4 Å². The van der Waals surface area contributed by atoms with E-state index in [0.29, 0.717) is 18.7 Å². The van der Waals surface area contributed by atoms with Gasteiger partial charge in [0.2, 0.25) is 0 Å². The van der Waals surface area contributed by atoms with Gasteiger partial charge in [-0.15, -0.1) is 0 Å². The molecule has 0 amide bonds. The Morgan fingerprint density at radius 2 is 2.12 bits per heavy atom. The van der Waals surface area contributed by atoms with Gasteiger partial charge >= 0.3 is 0 Å². The molecule has 1 fully saturated rings. The van der Waals surface area contributed by atoms with Crippen molar-refractivity contribution in [3.05, 3.63) is 47.8 Å². The quantitative estimate of drug-likeness (QED) is 0.851. The highest BCUT2D eigenvalue weighted by Crippen LogP contribution is 2.24. The van der Waals surface area contributed by atoms with Gasteiger partial charge in [0.25, 0.3) is 0 Å². The van der Waals surface area contributed by atoms with Gasteiger partial charge in [-0.3, -0.25) is 0 Å². The van der Waals surface area contributed by atoms with Crippen LogP contribution in [0.4, 0.5) is 20.4 Å². The highest BCUT2D eigenvalue weighted by Gasteiger charge is 2.25. The van der Waals surface area contributed by atoms with Crippen molar-refractivity contribution in [1.82, 2.24) is 15.3 Å². The number of anilines is 2. The first-order chi connectivity index (χ1) is 11.7. The third-order valence-electron chi connectivity index (χ3n) is 4.28. The molecule has 1 aromatic carbocycles. The lowest BCUT2D eigenvalue weighted by molar-refractivity contribution is 0.541. The molecule has 2 aromatic rings. The average molecular weight is 333 g/mol. The smallest absolute Gasteiger partial charge is 0.134 e. The summed E-state index contributed by atoms with van der Waals surface area (Å²) in [6.07, 6.45) is 3.67. The van der Waals surface area contributed by atoms with E-state index in [4.69, 9.17) is 0 Å². The van der Waals surface area contributed by atoms with Gasteiger partial charge < -0.3 is 15.5 Å². The Labute approximate surface area is 140 Å². The van der Waals surface area contributed by atoms with Gasteiger partial charge in [-0.25, -0.2) is 18.7 Å². The predicted molar refractivity (Wildman–Crippen MR) is 90.0 cm³/mol. The summed E-state index contributed by atoms with van der Waals surface area (Å²) in [6.45, 7) is 1.93. The SMILES string of the molecule is CNc1cc(N2CCCC2CNCc2cc(F)ccc2F)ncn1. The Hall–Kier alpha value is -2.28. The summed E-state index contributed by atoms with van der Waals surface area (Å²) in [5.41, 5.74) is 0.346. The van der Waals surface area contributed by atoms with E-state index >= 15 is 0 Å². The number of hydrogen-bond acceptors (Lipinski definition) is 5. The molecule has 1 aliphatic heterocycles. The highest BCUT2D eigenvalue weighted by molar-refractivity contribution is 5.49. The van der Waals surface area contributed by atoms with Crippen molar-refractivity contribution in [2.75, 3.05) is 30.4 Å². The van der Waals surface area contributed by atoms with Crippen molar-refractivity contribution in [2.24, 2.45) is 0 Å². The maximum absolute atomic E-state index is 13.7. The minimum absolute atomic E-state index is 0.279. The fraction of sp³-hybridized carbons (Fsp3) is 0.412. The largest absolute Gasteiger partial charge is 0.373 e. The molecule has 7 heteroatoms. The lowest BCUT2D eigenvalue weighted by atomic mass is 10.2. The van der Waals surface area contributed by atoms with E-state index in [2.05, 4.69) is 25.5 Å². The molecule has 0 spiro atoms. The van der Waals surface area contributed by atoms with Crippen LogP contribution in [0, 0.1) is 11.6 Å². The molecular formula is C17H21F2N5. The Morgan fingerprint density at radius 3 is 2.96 bits per heavy atom. The minimum atomic E-state index is -0.420. The number of benzene rings is 1. The first kappa shape index (κ1) is 16.6. The van der Waals surface area contributed by atoms with Gasteiger partial charge in [0.05, 0.1) is 0 Å². The van der Waals surface area contributed by atoms with Gasteiger partial charge in [-0.2, -0.15) is 0 Å². The summed E-state index contributed by atoms with van der Waals surface area (Å²) < 4.78 is 26.9. The average Bonchev–Trinajstić information content (AvgIpc) is 3.06. The van der Waals surface area contributed by atoms with Crippen LogP contribution in [0.3, 0.4) is 0 Å². The number of nitrogens with one attached hydrogen (secondary N) is 2. The van der Waals surface area contributed by atoms with E-state index in [1.165, 1.54) is 6.07 Å². The van der Waals surface area contributed by atoms with Gasteiger partial charge in [-0.1, -0.05) is 0 Å². The van der Waals surface area contributed by atoms with Crippen molar-refractivity contribution < 1.29 is 8.78 Å². The zero-order valence-corrected chi connectivity index (χ0v) is 13.6. The fourth-order valence-corrected chi connectivity index (χ4v) is 3.04. The summed E-state index contributed by atoms with van der Waals surface area (Å²) in [4.78, 5) is 10.7. The first-order valence-electron chi connectivity index (χ1n) is 8.08. The zero-order valence-electron chi connectivity index (χ0n) is 13.6. The fourth-order valence-electron chi connectivity index (χ4n) is 3.04. The lowest BCUT2D eigenvalue weighted by Crippen LogP contribution is -2.38. The van der Waals surface area contributed by atoms with E-state index in [-0.39, 0.29) is 11.9 Å². The van der Waals surface area contributed by atoms with Gasteiger partial charge in [0.15, 0.2) is 0 Å². The second-order valence-electron chi connectivity index (χ2n) is 5.87. The van der Waals surface area contributed by atoms with Crippen molar-refractivity contribution in [2.45, 2.75) is 25.4 Å². The molecule has 3 rings (SSSR count). The Kier molecular flexibility index (Phi) is 5.20. The van der Waals surface area contributed by atoms with Gasteiger partial charge in [0.1, 0.15) is 29.6 Å². The third kappa shape index (κ3) is 3.79. The number of hydrogen-bond donors (Lipinski definition) is 2. The number of halogens is 2. The molecule has 0 aliphatic carbocycles. The predicted octanol–water partition coefficient (Wildman–Crippen LogP) is 2.56. The van der Waals surface area contributed by atoms with Crippen LogP contribution in [0.15, 0.2) is 30.6 Å². The van der Waals surface area contributed by atoms with E-state index in [1.807, 2.05) is 13.1 Å². The maximum atomic E-state index is 13.7. The van der Waals surface area contributed by atoms with Crippen molar-refractivity contribution in [3.63, 3.8) is 0 Å². The lowest BCUT2D eigenvalue weighted by Gasteiger charge is -2.26. The summed E-state index contributed by atoms with van der Waals surface area (Å²) >= 11 is 0. The molecule has 0 radical (unpaired) electrons. The zero-order chi connectivity index (χ0) is 16.9. The molecule has 1 saturated heterocycles. The van der Waals surface area contributed by atoms with Crippen LogP contribution in [0.5, 0.6) is 0 Å². The van der Waals surface area contributed by atoms with Crippen LogP contribution in [0.25, 0.3) is 0 Å². The molecule has 0 bridgehead atoms. The Morgan fingerprint density at radius 1 is 1.25 bits per heavy atom. The van der Waals surface area contributed by atoms with Crippen molar-refractivity contribution in [3.8, 4) is 0 Å². The van der Waals surface area contributed by atoms with Crippen molar-refractivity contribution in [1.29, 1.82) is 0 Å². The number of aromatic nitrogens is 2. The number of nitrogens with zero attached hydrogens (tertiary/aromatic N) is 3. The molecule has 1 aliphatic rings. The second kappa shape index (κ2) is 7.53. The minimum Gasteiger partial charge on any atom is -0.373 e. The molecule has 1 atom stereocenters. The monoisotopic (exact) mass is 333 g/mol. The molecule has 2 heterocycles. The van der Waals surface area contributed by atoms with Crippen LogP contribution in [-0.4, -0.2) is 36.1 Å². The molecule has 1 unspecified atom stereocenters. The standard InChI is InChI=1S/C17H21F2N5/c1-20-16-8-17(23-11-22-16)24-6-2-3-14(24)10-21-9-12-7-13(18)4-5-15(12)19/h4-5,7-8,11,14,21H,2-3,6,9-10H2,1H3,(H,20,22,23). The molecule has 24 heavy (non-hydrogen) atoms. The Bertz CT molecular complexity index is 694. The molecule has 2 N–H and O–H groups in total. The van der Waals surface area contributed by atoms with Crippen molar-refractivity contribution >= 4 is 11.6 Å². The second-order valence-corrected chi connectivity index (χ2v) is 5.87. The molecule has 1 aromatic heterocycles. The summed E-state index contributed by atoms with van der Waals surface area (Å²) in [5.74, 6) is 0.856. The maximum Gasteiger partial charge on any atom is 0.134 e. The molecule has 128 valence electrons.